The van der Waals surface area contributed by atoms with Crippen molar-refractivity contribution in [2.45, 2.75) is 11.8 Å². The third-order valence-electron chi connectivity index (χ3n) is 2.92. The Hall–Kier alpha value is -1.85. The van der Waals surface area contributed by atoms with Gasteiger partial charge in [-0.1, -0.05) is 12.1 Å². The Morgan fingerprint density at radius 1 is 1.32 bits per heavy atom. The summed E-state index contributed by atoms with van der Waals surface area (Å²) >= 11 is -0.946. The summed E-state index contributed by atoms with van der Waals surface area (Å²) in [5, 5.41) is 0. The number of benzene rings is 1. The molecule has 1 atom stereocenters. The number of H-pyrrole nitrogens is 1. The van der Waals surface area contributed by atoms with E-state index >= 15 is 0 Å². The predicted molar refractivity (Wildman–Crippen MR) is 76.3 cm³/mol. The van der Waals surface area contributed by atoms with Crippen molar-refractivity contribution in [3.8, 4) is 11.4 Å². The van der Waals surface area contributed by atoms with Crippen LogP contribution in [0.5, 0.6) is 0 Å². The smallest absolute Gasteiger partial charge is 0.153 e. The molecule has 0 radical (unpaired) electrons. The fourth-order valence-corrected chi connectivity index (χ4v) is 2.77. The zero-order chi connectivity index (χ0) is 13.2. The number of nitrogens with one attached hydrogen (secondary N) is 1. The van der Waals surface area contributed by atoms with Crippen LogP contribution in [0.2, 0.25) is 0 Å². The molecule has 0 fully saturated rings. The first-order chi connectivity index (χ1) is 9.28. The summed E-state index contributed by atoms with van der Waals surface area (Å²) in [6, 6.07) is 9.56. The van der Waals surface area contributed by atoms with Crippen LogP contribution in [0.1, 0.15) is 6.92 Å². The maximum atomic E-state index is 11.8. The largest absolute Gasteiger partial charge is 0.611 e. The topological polar surface area (TPSA) is 64.6 Å². The van der Waals surface area contributed by atoms with E-state index in [0.717, 1.165) is 27.3 Å². The summed E-state index contributed by atoms with van der Waals surface area (Å²) in [6.07, 6.45) is 3.45. The maximum absolute atomic E-state index is 11.8. The molecule has 1 N–H and O–H groups in total. The van der Waals surface area contributed by atoms with E-state index in [2.05, 4.69) is 15.0 Å². The number of rotatable bonds is 3. The first-order valence-corrected chi connectivity index (χ1v) is 7.38. The van der Waals surface area contributed by atoms with Gasteiger partial charge in [0.2, 0.25) is 0 Å². The molecular formula is C14H13N3OS. The average Bonchev–Trinajstić information content (AvgIpc) is 2.90. The number of aromatic nitrogens is 3. The number of pyridine rings is 1. The number of aromatic amines is 1. The van der Waals surface area contributed by atoms with Crippen molar-refractivity contribution < 1.29 is 4.55 Å². The van der Waals surface area contributed by atoms with Crippen LogP contribution in [0, 0.1) is 0 Å². The standard InChI is InChI=1S/C14H13N3OS/c1-2-19(18)11-5-3-4-10(8-11)14-16-12-6-7-15-9-13(12)17-14/h3-9H,2H2,1H3,(H,16,17). The fraction of sp³-hybridized carbons (Fsp3) is 0.143. The molecule has 3 rings (SSSR count). The molecule has 3 aromatic rings. The minimum atomic E-state index is -0.946. The van der Waals surface area contributed by atoms with E-state index < -0.39 is 11.2 Å². The third-order valence-corrected chi connectivity index (χ3v) is 4.22. The van der Waals surface area contributed by atoms with Crippen LogP contribution in [0.25, 0.3) is 22.4 Å². The van der Waals surface area contributed by atoms with Gasteiger partial charge in [0.05, 0.1) is 11.7 Å². The van der Waals surface area contributed by atoms with Crippen molar-refractivity contribution >= 4 is 22.2 Å². The summed E-state index contributed by atoms with van der Waals surface area (Å²) in [7, 11) is 0. The van der Waals surface area contributed by atoms with E-state index in [-0.39, 0.29) is 0 Å². The molecule has 0 amide bonds. The second kappa shape index (κ2) is 5.03. The van der Waals surface area contributed by atoms with Crippen LogP contribution < -0.4 is 0 Å². The highest BCUT2D eigenvalue weighted by Crippen LogP contribution is 2.22. The Kier molecular flexibility index (Phi) is 3.23. The average molecular weight is 271 g/mol. The van der Waals surface area contributed by atoms with Crippen LogP contribution in [0.15, 0.2) is 47.6 Å². The van der Waals surface area contributed by atoms with E-state index in [1.165, 1.54) is 0 Å². The summed E-state index contributed by atoms with van der Waals surface area (Å²) in [4.78, 5) is 12.6. The van der Waals surface area contributed by atoms with Gasteiger partial charge < -0.3 is 9.54 Å². The van der Waals surface area contributed by atoms with Gasteiger partial charge in [0.1, 0.15) is 17.1 Å². The van der Waals surface area contributed by atoms with Crippen LogP contribution >= 0.6 is 0 Å². The zero-order valence-corrected chi connectivity index (χ0v) is 11.3. The lowest BCUT2D eigenvalue weighted by atomic mass is 10.2. The quantitative estimate of drug-likeness (QED) is 0.745. The highest BCUT2D eigenvalue weighted by Gasteiger charge is 2.11. The zero-order valence-electron chi connectivity index (χ0n) is 10.5. The molecule has 0 aliphatic heterocycles. The fourth-order valence-electron chi connectivity index (χ4n) is 1.95. The van der Waals surface area contributed by atoms with Gasteiger partial charge in [0.25, 0.3) is 0 Å². The first kappa shape index (κ1) is 12.2. The van der Waals surface area contributed by atoms with Crippen molar-refractivity contribution in [3.63, 3.8) is 0 Å². The molecule has 1 aromatic carbocycles. The number of fused-ring (bicyclic) bond motifs is 1. The van der Waals surface area contributed by atoms with Crippen molar-refractivity contribution in [2.24, 2.45) is 0 Å². The molecule has 0 saturated heterocycles. The number of nitrogens with zero attached hydrogens (tertiary/aromatic N) is 2. The normalized spacial score (nSPS) is 12.7. The molecule has 0 aliphatic carbocycles. The van der Waals surface area contributed by atoms with Crippen molar-refractivity contribution in [2.75, 3.05) is 5.75 Å². The van der Waals surface area contributed by atoms with Gasteiger partial charge >= 0.3 is 0 Å². The molecule has 96 valence electrons. The highest BCUT2D eigenvalue weighted by atomic mass is 32.2. The van der Waals surface area contributed by atoms with Crippen LogP contribution in [0.4, 0.5) is 0 Å². The highest BCUT2D eigenvalue weighted by molar-refractivity contribution is 7.91. The van der Waals surface area contributed by atoms with Crippen molar-refractivity contribution in [1.82, 2.24) is 15.0 Å². The first-order valence-electron chi connectivity index (χ1n) is 6.06. The summed E-state index contributed by atoms with van der Waals surface area (Å²) in [5.41, 5.74) is 2.72. The number of imidazole rings is 1. The van der Waals surface area contributed by atoms with Crippen molar-refractivity contribution in [1.29, 1.82) is 0 Å². The molecule has 2 aromatic heterocycles. The van der Waals surface area contributed by atoms with Crippen LogP contribution in [-0.2, 0) is 11.2 Å². The van der Waals surface area contributed by atoms with Gasteiger partial charge in [-0.05, 0) is 30.2 Å². The van der Waals surface area contributed by atoms with Gasteiger partial charge in [0, 0.05) is 17.8 Å². The Labute approximate surface area is 114 Å². The lowest BCUT2D eigenvalue weighted by Gasteiger charge is -2.08. The minimum absolute atomic E-state index is 0.619. The maximum Gasteiger partial charge on any atom is 0.153 e. The van der Waals surface area contributed by atoms with Crippen LogP contribution in [-0.4, -0.2) is 25.3 Å². The Morgan fingerprint density at radius 2 is 2.21 bits per heavy atom. The van der Waals surface area contributed by atoms with Gasteiger partial charge in [0.15, 0.2) is 4.90 Å². The van der Waals surface area contributed by atoms with E-state index in [9.17, 15) is 4.55 Å². The van der Waals surface area contributed by atoms with E-state index in [0.29, 0.717) is 5.75 Å². The SMILES string of the molecule is CC[S+]([O-])c1cccc(-c2nc3cnccc3[nH]2)c1. The predicted octanol–water partition coefficient (Wildman–Crippen LogP) is 2.75. The molecule has 0 aliphatic rings. The Morgan fingerprint density at radius 3 is 3.00 bits per heavy atom. The minimum Gasteiger partial charge on any atom is -0.611 e. The molecular weight excluding hydrogens is 258 g/mol. The molecule has 1 unspecified atom stereocenters. The number of hydrogen-bond donors (Lipinski definition) is 1. The Balaban J connectivity index is 2.06. The molecule has 2 heterocycles. The molecule has 19 heavy (non-hydrogen) atoms. The third kappa shape index (κ3) is 2.34. The lowest BCUT2D eigenvalue weighted by Crippen LogP contribution is -2.03. The molecule has 0 saturated carbocycles. The van der Waals surface area contributed by atoms with Gasteiger partial charge in [-0.3, -0.25) is 4.98 Å². The number of hydrogen-bond acceptors (Lipinski definition) is 3. The summed E-state index contributed by atoms with van der Waals surface area (Å²) in [6.45, 7) is 1.91. The summed E-state index contributed by atoms with van der Waals surface area (Å²) in [5.74, 6) is 1.39. The van der Waals surface area contributed by atoms with Crippen LogP contribution in [0.3, 0.4) is 0 Å². The second-order valence-corrected chi connectivity index (χ2v) is 5.88. The second-order valence-electron chi connectivity index (χ2n) is 4.14. The molecule has 0 spiro atoms. The molecule has 5 heteroatoms. The molecule has 4 nitrogen and oxygen atoms in total. The lowest BCUT2D eigenvalue weighted by molar-refractivity contribution is 0.596. The van der Waals surface area contributed by atoms with E-state index in [1.54, 1.807) is 12.4 Å². The summed E-state index contributed by atoms with van der Waals surface area (Å²) < 4.78 is 11.8. The van der Waals surface area contributed by atoms with Gasteiger partial charge in [-0.25, -0.2) is 4.98 Å². The van der Waals surface area contributed by atoms with Gasteiger partial charge in [-0.15, -0.1) is 0 Å². The van der Waals surface area contributed by atoms with E-state index in [1.807, 2.05) is 37.3 Å². The Bertz CT molecular complexity index is 677. The monoisotopic (exact) mass is 271 g/mol. The van der Waals surface area contributed by atoms with E-state index in [4.69, 9.17) is 0 Å². The van der Waals surface area contributed by atoms with Crippen molar-refractivity contribution in [3.05, 3.63) is 42.7 Å². The molecule has 0 bridgehead atoms. The van der Waals surface area contributed by atoms with Gasteiger partial charge in [-0.2, -0.15) is 0 Å².